The Morgan fingerprint density at radius 3 is 2.67 bits per heavy atom. The van der Waals surface area contributed by atoms with Crippen LogP contribution in [0.3, 0.4) is 0 Å². The molecule has 0 radical (unpaired) electrons. The summed E-state index contributed by atoms with van der Waals surface area (Å²) in [5.41, 5.74) is 9.32. The lowest BCUT2D eigenvalue weighted by Gasteiger charge is -2.10. The molecule has 0 heterocycles. The smallest absolute Gasteiger partial charge is 0.234 e. The lowest BCUT2D eigenvalue weighted by Crippen LogP contribution is -2.14. The number of hydrogen-bond acceptors (Lipinski definition) is 3. The Hall–Kier alpha value is -1.65. The summed E-state index contributed by atoms with van der Waals surface area (Å²) in [6.45, 7) is 3.92. The second-order valence-electron chi connectivity index (χ2n) is 4.82. The van der Waals surface area contributed by atoms with Gasteiger partial charge in [0, 0.05) is 21.3 Å². The summed E-state index contributed by atoms with van der Waals surface area (Å²) in [5.74, 6) is 0.291. The minimum Gasteiger partial charge on any atom is -0.399 e. The Kier molecular flexibility index (Phi) is 5.15. The number of aryl methyl sites for hydroxylation is 2. The van der Waals surface area contributed by atoms with Crippen molar-refractivity contribution in [2.24, 2.45) is 0 Å². The van der Waals surface area contributed by atoms with E-state index in [0.717, 1.165) is 21.7 Å². The van der Waals surface area contributed by atoms with Crippen LogP contribution in [0, 0.1) is 13.8 Å². The maximum Gasteiger partial charge on any atom is 0.234 e. The molecule has 5 heteroatoms. The van der Waals surface area contributed by atoms with Gasteiger partial charge in [-0.1, -0.05) is 17.7 Å². The second kappa shape index (κ2) is 6.87. The first kappa shape index (κ1) is 15.7. The topological polar surface area (TPSA) is 55.1 Å². The number of anilines is 2. The Bertz CT molecular complexity index is 673. The Balaban J connectivity index is 1.97. The van der Waals surface area contributed by atoms with E-state index < -0.39 is 0 Å². The molecule has 3 nitrogen and oxygen atoms in total. The van der Waals surface area contributed by atoms with Gasteiger partial charge in [0.15, 0.2) is 0 Å². The number of nitrogen functional groups attached to an aromatic ring is 1. The number of hydrogen-bond donors (Lipinski definition) is 2. The maximum absolute atomic E-state index is 12.0. The van der Waals surface area contributed by atoms with Crippen LogP contribution in [0.5, 0.6) is 0 Å². The lowest BCUT2D eigenvalue weighted by atomic mass is 10.2. The third-order valence-corrected chi connectivity index (χ3v) is 4.43. The Labute approximate surface area is 133 Å². The number of benzene rings is 2. The number of halogens is 1. The second-order valence-corrected chi connectivity index (χ2v) is 6.27. The molecule has 0 aliphatic heterocycles. The van der Waals surface area contributed by atoms with Crippen molar-refractivity contribution in [2.45, 2.75) is 18.7 Å². The van der Waals surface area contributed by atoms with Crippen LogP contribution in [-0.2, 0) is 4.79 Å². The van der Waals surface area contributed by atoms with Crippen molar-refractivity contribution in [3.8, 4) is 0 Å². The lowest BCUT2D eigenvalue weighted by molar-refractivity contribution is -0.113. The molecule has 2 rings (SSSR count). The average Bonchev–Trinajstić information content (AvgIpc) is 2.43. The predicted molar refractivity (Wildman–Crippen MR) is 91.1 cm³/mol. The number of thioether (sulfide) groups is 1. The zero-order valence-corrected chi connectivity index (χ0v) is 13.5. The molecule has 1 amide bonds. The van der Waals surface area contributed by atoms with Crippen LogP contribution < -0.4 is 11.1 Å². The molecule has 0 unspecified atom stereocenters. The van der Waals surface area contributed by atoms with Gasteiger partial charge in [-0.05, 0) is 55.3 Å². The highest BCUT2D eigenvalue weighted by Gasteiger charge is 2.07. The standard InChI is InChI=1S/C16H17ClN2OS/c1-10-3-5-13(18)8-15(10)21-9-16(20)19-14-6-4-12(17)7-11(14)2/h3-8H,9,18H2,1-2H3,(H,19,20). The Morgan fingerprint density at radius 1 is 1.19 bits per heavy atom. The van der Waals surface area contributed by atoms with Gasteiger partial charge in [0.25, 0.3) is 0 Å². The molecule has 0 aromatic heterocycles. The van der Waals surface area contributed by atoms with Crippen LogP contribution in [0.4, 0.5) is 11.4 Å². The van der Waals surface area contributed by atoms with E-state index in [9.17, 15) is 4.79 Å². The fourth-order valence-electron chi connectivity index (χ4n) is 1.87. The Morgan fingerprint density at radius 2 is 1.95 bits per heavy atom. The quantitative estimate of drug-likeness (QED) is 0.653. The van der Waals surface area contributed by atoms with E-state index in [1.807, 2.05) is 44.2 Å². The van der Waals surface area contributed by atoms with Gasteiger partial charge in [0.2, 0.25) is 5.91 Å². The summed E-state index contributed by atoms with van der Waals surface area (Å²) >= 11 is 7.38. The molecule has 0 saturated heterocycles. The summed E-state index contributed by atoms with van der Waals surface area (Å²) in [5, 5.41) is 3.55. The number of carbonyl (C=O) groups excluding carboxylic acids is 1. The fourth-order valence-corrected chi connectivity index (χ4v) is 2.97. The molecular formula is C16H17ClN2OS. The van der Waals surface area contributed by atoms with Crippen molar-refractivity contribution in [1.29, 1.82) is 0 Å². The van der Waals surface area contributed by atoms with Crippen LogP contribution >= 0.6 is 23.4 Å². The van der Waals surface area contributed by atoms with Crippen molar-refractivity contribution in [3.63, 3.8) is 0 Å². The number of rotatable bonds is 4. The molecule has 0 fully saturated rings. The van der Waals surface area contributed by atoms with Gasteiger partial charge in [0.05, 0.1) is 5.75 Å². The van der Waals surface area contributed by atoms with E-state index in [0.29, 0.717) is 16.5 Å². The van der Waals surface area contributed by atoms with Crippen LogP contribution in [0.2, 0.25) is 5.02 Å². The van der Waals surface area contributed by atoms with E-state index in [2.05, 4.69) is 5.32 Å². The van der Waals surface area contributed by atoms with E-state index in [1.165, 1.54) is 11.8 Å². The highest BCUT2D eigenvalue weighted by Crippen LogP contribution is 2.25. The van der Waals surface area contributed by atoms with Crippen LogP contribution in [-0.4, -0.2) is 11.7 Å². The van der Waals surface area contributed by atoms with Crippen LogP contribution in [0.15, 0.2) is 41.3 Å². The molecule has 21 heavy (non-hydrogen) atoms. The molecule has 0 aliphatic carbocycles. The first-order chi connectivity index (χ1) is 9.95. The SMILES string of the molecule is Cc1cc(Cl)ccc1NC(=O)CSc1cc(N)ccc1C. The van der Waals surface area contributed by atoms with Gasteiger partial charge in [-0.3, -0.25) is 4.79 Å². The molecule has 2 aromatic carbocycles. The molecule has 0 bridgehead atoms. The van der Waals surface area contributed by atoms with Gasteiger partial charge >= 0.3 is 0 Å². The molecule has 0 spiro atoms. The summed E-state index contributed by atoms with van der Waals surface area (Å²) in [7, 11) is 0. The highest BCUT2D eigenvalue weighted by atomic mass is 35.5. The van der Waals surface area contributed by atoms with Gasteiger partial charge in [-0.15, -0.1) is 11.8 Å². The third kappa shape index (κ3) is 4.41. The number of nitrogens with one attached hydrogen (secondary N) is 1. The first-order valence-electron chi connectivity index (χ1n) is 6.50. The summed E-state index contributed by atoms with van der Waals surface area (Å²) in [6, 6.07) is 11.1. The van der Waals surface area contributed by atoms with Crippen molar-refractivity contribution in [1.82, 2.24) is 0 Å². The minimum absolute atomic E-state index is 0.0488. The number of amides is 1. The molecule has 0 atom stereocenters. The normalized spacial score (nSPS) is 10.4. The highest BCUT2D eigenvalue weighted by molar-refractivity contribution is 8.00. The van der Waals surface area contributed by atoms with E-state index in [1.54, 1.807) is 6.07 Å². The predicted octanol–water partition coefficient (Wildman–Crippen LogP) is 4.27. The van der Waals surface area contributed by atoms with Gasteiger partial charge in [-0.2, -0.15) is 0 Å². The number of carbonyl (C=O) groups is 1. The van der Waals surface area contributed by atoms with Crippen LogP contribution in [0.1, 0.15) is 11.1 Å². The molecule has 110 valence electrons. The minimum atomic E-state index is -0.0488. The summed E-state index contributed by atoms with van der Waals surface area (Å²) in [4.78, 5) is 13.0. The largest absolute Gasteiger partial charge is 0.399 e. The molecule has 0 saturated carbocycles. The first-order valence-corrected chi connectivity index (χ1v) is 7.87. The van der Waals surface area contributed by atoms with Gasteiger partial charge in [0.1, 0.15) is 0 Å². The molecular weight excluding hydrogens is 304 g/mol. The van der Waals surface area contributed by atoms with Crippen molar-refractivity contribution in [2.75, 3.05) is 16.8 Å². The molecule has 0 aliphatic rings. The number of nitrogens with two attached hydrogens (primary N) is 1. The zero-order valence-electron chi connectivity index (χ0n) is 11.9. The summed E-state index contributed by atoms with van der Waals surface area (Å²) in [6.07, 6.45) is 0. The van der Waals surface area contributed by atoms with Crippen molar-refractivity contribution in [3.05, 3.63) is 52.5 Å². The maximum atomic E-state index is 12.0. The van der Waals surface area contributed by atoms with Crippen molar-refractivity contribution < 1.29 is 4.79 Å². The molecule has 2 aromatic rings. The zero-order chi connectivity index (χ0) is 15.4. The van der Waals surface area contributed by atoms with Crippen LogP contribution in [0.25, 0.3) is 0 Å². The van der Waals surface area contributed by atoms with Crippen molar-refractivity contribution >= 4 is 40.6 Å². The molecule has 3 N–H and O–H groups in total. The average molecular weight is 321 g/mol. The third-order valence-electron chi connectivity index (χ3n) is 3.03. The summed E-state index contributed by atoms with van der Waals surface area (Å²) < 4.78 is 0. The van der Waals surface area contributed by atoms with Gasteiger partial charge < -0.3 is 11.1 Å². The monoisotopic (exact) mass is 320 g/mol. The van der Waals surface area contributed by atoms with E-state index in [4.69, 9.17) is 17.3 Å². The van der Waals surface area contributed by atoms with Gasteiger partial charge in [-0.25, -0.2) is 0 Å². The fraction of sp³-hybridized carbons (Fsp3) is 0.188. The van der Waals surface area contributed by atoms with E-state index in [-0.39, 0.29) is 5.91 Å². The van der Waals surface area contributed by atoms with E-state index >= 15 is 0 Å².